The molecule has 0 radical (unpaired) electrons. The SMILES string of the molecule is Cc1ccc2oc(-c3ccccc3NC(=O)c3ccc(Cl)cc3)nc2c1. The number of carbonyl (C=O) groups excluding carboxylic acids is 1. The Morgan fingerprint density at radius 1 is 1.04 bits per heavy atom. The number of nitrogens with one attached hydrogen (secondary N) is 1. The van der Waals surface area contributed by atoms with Gasteiger partial charge in [0.25, 0.3) is 5.91 Å². The number of nitrogens with zero attached hydrogens (tertiary/aromatic N) is 1. The molecule has 0 aliphatic carbocycles. The molecule has 0 bridgehead atoms. The Bertz CT molecular complexity index is 1100. The average Bonchev–Trinajstić information content (AvgIpc) is 3.05. The molecule has 0 saturated carbocycles. The number of para-hydroxylation sites is 1. The van der Waals surface area contributed by atoms with E-state index < -0.39 is 0 Å². The number of halogens is 1. The number of hydrogen-bond acceptors (Lipinski definition) is 3. The van der Waals surface area contributed by atoms with Crippen molar-refractivity contribution in [1.82, 2.24) is 4.98 Å². The lowest BCUT2D eigenvalue weighted by atomic mass is 10.1. The zero-order chi connectivity index (χ0) is 18.1. The molecule has 0 aliphatic heterocycles. The minimum Gasteiger partial charge on any atom is -0.436 e. The molecule has 4 rings (SSSR count). The maximum Gasteiger partial charge on any atom is 0.255 e. The number of benzene rings is 3. The van der Waals surface area contributed by atoms with Gasteiger partial charge in [-0.05, 0) is 61.0 Å². The molecule has 1 aromatic heterocycles. The monoisotopic (exact) mass is 362 g/mol. The molecular weight excluding hydrogens is 348 g/mol. The van der Waals surface area contributed by atoms with Crippen LogP contribution in [-0.4, -0.2) is 10.9 Å². The third-order valence-electron chi connectivity index (χ3n) is 4.06. The molecule has 1 amide bonds. The molecular formula is C21H15ClN2O2. The van der Waals surface area contributed by atoms with E-state index in [2.05, 4.69) is 10.3 Å². The maximum atomic E-state index is 12.5. The van der Waals surface area contributed by atoms with Crippen molar-refractivity contribution in [2.45, 2.75) is 6.92 Å². The van der Waals surface area contributed by atoms with Crippen LogP contribution in [0.15, 0.2) is 71.1 Å². The highest BCUT2D eigenvalue weighted by molar-refractivity contribution is 6.30. The van der Waals surface area contributed by atoms with Crippen molar-refractivity contribution in [3.05, 3.63) is 82.9 Å². The Labute approximate surface area is 155 Å². The van der Waals surface area contributed by atoms with E-state index in [1.54, 1.807) is 24.3 Å². The summed E-state index contributed by atoms with van der Waals surface area (Å²) >= 11 is 5.88. The van der Waals surface area contributed by atoms with Gasteiger partial charge < -0.3 is 9.73 Å². The van der Waals surface area contributed by atoms with Gasteiger partial charge >= 0.3 is 0 Å². The molecule has 0 saturated heterocycles. The fourth-order valence-electron chi connectivity index (χ4n) is 2.73. The number of rotatable bonds is 3. The molecule has 0 fully saturated rings. The predicted octanol–water partition coefficient (Wildman–Crippen LogP) is 5.71. The molecule has 0 aliphatic rings. The van der Waals surface area contributed by atoms with Crippen LogP contribution in [0.3, 0.4) is 0 Å². The molecule has 4 aromatic rings. The van der Waals surface area contributed by atoms with Crippen molar-refractivity contribution in [3.63, 3.8) is 0 Å². The average molecular weight is 363 g/mol. The highest BCUT2D eigenvalue weighted by Crippen LogP contribution is 2.30. The first-order valence-electron chi connectivity index (χ1n) is 8.14. The molecule has 0 atom stereocenters. The van der Waals surface area contributed by atoms with Gasteiger partial charge in [0.05, 0.1) is 11.3 Å². The summed E-state index contributed by atoms with van der Waals surface area (Å²) < 4.78 is 5.87. The number of amides is 1. The van der Waals surface area contributed by atoms with Crippen molar-refractivity contribution in [1.29, 1.82) is 0 Å². The van der Waals surface area contributed by atoms with Crippen molar-refractivity contribution >= 4 is 34.3 Å². The second kappa shape index (κ2) is 6.65. The summed E-state index contributed by atoms with van der Waals surface area (Å²) in [7, 11) is 0. The lowest BCUT2D eigenvalue weighted by Crippen LogP contribution is -2.12. The van der Waals surface area contributed by atoms with E-state index in [9.17, 15) is 4.79 Å². The lowest BCUT2D eigenvalue weighted by molar-refractivity contribution is 0.102. The Balaban J connectivity index is 1.69. The van der Waals surface area contributed by atoms with Gasteiger partial charge in [0.2, 0.25) is 5.89 Å². The van der Waals surface area contributed by atoms with E-state index in [0.29, 0.717) is 27.7 Å². The van der Waals surface area contributed by atoms with Crippen LogP contribution in [0, 0.1) is 6.92 Å². The van der Waals surface area contributed by atoms with Crippen molar-refractivity contribution < 1.29 is 9.21 Å². The molecule has 1 heterocycles. The van der Waals surface area contributed by atoms with Gasteiger partial charge in [-0.15, -0.1) is 0 Å². The van der Waals surface area contributed by atoms with Gasteiger partial charge in [0, 0.05) is 10.6 Å². The van der Waals surface area contributed by atoms with Gasteiger partial charge in [0.1, 0.15) is 5.52 Å². The summed E-state index contributed by atoms with van der Waals surface area (Å²) in [5.41, 5.74) is 4.50. The van der Waals surface area contributed by atoms with Crippen LogP contribution in [0.5, 0.6) is 0 Å². The Morgan fingerprint density at radius 3 is 2.62 bits per heavy atom. The first-order valence-corrected chi connectivity index (χ1v) is 8.51. The lowest BCUT2D eigenvalue weighted by Gasteiger charge is -2.09. The van der Waals surface area contributed by atoms with Crippen LogP contribution >= 0.6 is 11.6 Å². The van der Waals surface area contributed by atoms with Gasteiger partial charge in [0.15, 0.2) is 5.58 Å². The number of carbonyl (C=O) groups is 1. The minimum atomic E-state index is -0.221. The fourth-order valence-corrected chi connectivity index (χ4v) is 2.85. The highest BCUT2D eigenvalue weighted by atomic mass is 35.5. The largest absolute Gasteiger partial charge is 0.436 e. The predicted molar refractivity (Wildman–Crippen MR) is 104 cm³/mol. The maximum absolute atomic E-state index is 12.5. The summed E-state index contributed by atoms with van der Waals surface area (Å²) in [6, 6.07) is 20.0. The van der Waals surface area contributed by atoms with Crippen molar-refractivity contribution in [2.75, 3.05) is 5.32 Å². The van der Waals surface area contributed by atoms with Crippen LogP contribution in [0.1, 0.15) is 15.9 Å². The van der Waals surface area contributed by atoms with E-state index in [1.807, 2.05) is 49.4 Å². The summed E-state index contributed by atoms with van der Waals surface area (Å²) in [4.78, 5) is 17.1. The van der Waals surface area contributed by atoms with Crippen LogP contribution in [-0.2, 0) is 0 Å². The Morgan fingerprint density at radius 2 is 1.81 bits per heavy atom. The van der Waals surface area contributed by atoms with Gasteiger partial charge in [-0.2, -0.15) is 0 Å². The number of fused-ring (bicyclic) bond motifs is 1. The zero-order valence-corrected chi connectivity index (χ0v) is 14.7. The topological polar surface area (TPSA) is 55.1 Å². The van der Waals surface area contributed by atoms with Crippen LogP contribution < -0.4 is 5.32 Å². The summed E-state index contributed by atoms with van der Waals surface area (Å²) in [6.07, 6.45) is 0. The highest BCUT2D eigenvalue weighted by Gasteiger charge is 2.14. The molecule has 1 N–H and O–H groups in total. The Kier molecular flexibility index (Phi) is 4.19. The summed E-state index contributed by atoms with van der Waals surface area (Å²) in [5.74, 6) is 0.249. The fraction of sp³-hybridized carbons (Fsp3) is 0.0476. The molecule has 5 heteroatoms. The molecule has 0 unspecified atom stereocenters. The van der Waals surface area contributed by atoms with Crippen molar-refractivity contribution in [3.8, 4) is 11.5 Å². The quantitative estimate of drug-likeness (QED) is 0.508. The van der Waals surface area contributed by atoms with Crippen LogP contribution in [0.4, 0.5) is 5.69 Å². The molecule has 0 spiro atoms. The van der Waals surface area contributed by atoms with Gasteiger partial charge in [-0.1, -0.05) is 29.8 Å². The van der Waals surface area contributed by atoms with E-state index in [1.165, 1.54) is 0 Å². The Hall–Kier alpha value is -3.11. The number of aryl methyl sites for hydroxylation is 1. The first-order chi connectivity index (χ1) is 12.6. The number of anilines is 1. The second-order valence-electron chi connectivity index (χ2n) is 6.00. The van der Waals surface area contributed by atoms with E-state index in [4.69, 9.17) is 16.0 Å². The second-order valence-corrected chi connectivity index (χ2v) is 6.43. The number of hydrogen-bond donors (Lipinski definition) is 1. The third kappa shape index (κ3) is 3.19. The molecule has 4 nitrogen and oxygen atoms in total. The van der Waals surface area contributed by atoms with Crippen LogP contribution in [0.2, 0.25) is 5.02 Å². The summed E-state index contributed by atoms with van der Waals surface area (Å²) in [6.45, 7) is 2.01. The first kappa shape index (κ1) is 16.4. The summed E-state index contributed by atoms with van der Waals surface area (Å²) in [5, 5.41) is 3.51. The number of aromatic nitrogens is 1. The normalized spacial score (nSPS) is 10.8. The molecule has 128 valence electrons. The number of oxazole rings is 1. The smallest absolute Gasteiger partial charge is 0.255 e. The van der Waals surface area contributed by atoms with E-state index >= 15 is 0 Å². The van der Waals surface area contributed by atoms with Gasteiger partial charge in [-0.25, -0.2) is 4.98 Å². The zero-order valence-electron chi connectivity index (χ0n) is 14.0. The van der Waals surface area contributed by atoms with E-state index in [-0.39, 0.29) is 5.91 Å². The molecule has 26 heavy (non-hydrogen) atoms. The standard InChI is InChI=1S/C21H15ClN2O2/c1-13-6-11-19-18(12-13)24-21(26-19)16-4-2-3-5-17(16)23-20(25)14-7-9-15(22)10-8-14/h2-12H,1H3,(H,23,25). The van der Waals surface area contributed by atoms with Gasteiger partial charge in [-0.3, -0.25) is 4.79 Å². The third-order valence-corrected chi connectivity index (χ3v) is 4.31. The van der Waals surface area contributed by atoms with E-state index in [0.717, 1.165) is 16.6 Å². The molecule has 3 aromatic carbocycles. The minimum absolute atomic E-state index is 0.221. The van der Waals surface area contributed by atoms with Crippen molar-refractivity contribution in [2.24, 2.45) is 0 Å². The van der Waals surface area contributed by atoms with Crippen LogP contribution in [0.25, 0.3) is 22.6 Å².